The van der Waals surface area contributed by atoms with Gasteiger partial charge in [0, 0.05) is 6.20 Å². The van der Waals surface area contributed by atoms with Gasteiger partial charge in [0.05, 0.1) is 18.0 Å². The molecule has 0 amide bonds. The van der Waals surface area contributed by atoms with E-state index in [0.29, 0.717) is 5.52 Å². The van der Waals surface area contributed by atoms with Gasteiger partial charge in [-0.1, -0.05) is 0 Å². The lowest BCUT2D eigenvalue weighted by Crippen LogP contribution is -1.92. The van der Waals surface area contributed by atoms with Crippen LogP contribution in [0.4, 0.5) is 8.78 Å². The molecule has 0 bridgehead atoms. The molecule has 0 aliphatic rings. The maximum absolute atomic E-state index is 13.4. The molecule has 0 aliphatic heterocycles. The molecule has 4 heteroatoms. The van der Waals surface area contributed by atoms with Crippen molar-refractivity contribution in [3.05, 3.63) is 36.0 Å². The van der Waals surface area contributed by atoms with Gasteiger partial charge in [-0.3, -0.25) is 4.98 Å². The topological polar surface area (TPSA) is 22.1 Å². The number of hydrogen-bond donors (Lipinski definition) is 0. The number of methoxy groups -OCH3 is 1. The maximum atomic E-state index is 13.4. The first-order chi connectivity index (χ1) is 6.74. The van der Waals surface area contributed by atoms with Crippen molar-refractivity contribution in [1.29, 1.82) is 0 Å². The fourth-order valence-electron chi connectivity index (χ4n) is 1.32. The Morgan fingerprint density at radius 1 is 1.21 bits per heavy atom. The van der Waals surface area contributed by atoms with Crippen molar-refractivity contribution < 1.29 is 13.5 Å². The largest absolute Gasteiger partial charge is 0.496 e. The summed E-state index contributed by atoms with van der Waals surface area (Å²) in [5, 5.41) is 0.0787. The summed E-state index contributed by atoms with van der Waals surface area (Å²) in [4.78, 5) is 3.91. The van der Waals surface area contributed by atoms with E-state index in [4.69, 9.17) is 4.74 Å². The Morgan fingerprint density at radius 2 is 2.00 bits per heavy atom. The van der Waals surface area contributed by atoms with Crippen LogP contribution in [-0.2, 0) is 0 Å². The Labute approximate surface area is 79.1 Å². The van der Waals surface area contributed by atoms with E-state index in [1.807, 2.05) is 0 Å². The Bertz CT molecular complexity index is 485. The first kappa shape index (κ1) is 8.87. The lowest BCUT2D eigenvalue weighted by Gasteiger charge is -2.05. The van der Waals surface area contributed by atoms with Gasteiger partial charge in [-0.15, -0.1) is 0 Å². The van der Waals surface area contributed by atoms with E-state index in [9.17, 15) is 8.78 Å². The molecule has 2 nitrogen and oxygen atoms in total. The van der Waals surface area contributed by atoms with E-state index in [2.05, 4.69) is 4.98 Å². The molecular weight excluding hydrogens is 188 g/mol. The predicted molar refractivity (Wildman–Crippen MR) is 48.2 cm³/mol. The molecule has 0 saturated carbocycles. The lowest BCUT2D eigenvalue weighted by molar-refractivity contribution is 0.416. The van der Waals surface area contributed by atoms with Crippen LogP contribution in [0.3, 0.4) is 0 Å². The van der Waals surface area contributed by atoms with Crippen LogP contribution in [0.25, 0.3) is 10.9 Å². The molecule has 0 radical (unpaired) electrons. The van der Waals surface area contributed by atoms with Crippen LogP contribution in [0.5, 0.6) is 5.75 Å². The first-order valence-corrected chi connectivity index (χ1v) is 4.00. The zero-order chi connectivity index (χ0) is 10.1. The van der Waals surface area contributed by atoms with Gasteiger partial charge in [0.2, 0.25) is 0 Å². The van der Waals surface area contributed by atoms with Gasteiger partial charge in [-0.05, 0) is 18.2 Å². The third-order valence-corrected chi connectivity index (χ3v) is 1.98. The number of hydrogen-bond acceptors (Lipinski definition) is 2. The van der Waals surface area contributed by atoms with Gasteiger partial charge < -0.3 is 4.74 Å². The monoisotopic (exact) mass is 195 g/mol. The highest BCUT2D eigenvalue weighted by atomic mass is 19.2. The summed E-state index contributed by atoms with van der Waals surface area (Å²) in [7, 11) is 1.40. The number of nitrogens with zero attached hydrogens (tertiary/aromatic N) is 1. The first-order valence-electron chi connectivity index (χ1n) is 4.00. The lowest BCUT2D eigenvalue weighted by atomic mass is 10.2. The Hall–Kier alpha value is -1.71. The van der Waals surface area contributed by atoms with E-state index in [0.717, 1.165) is 6.07 Å². The fraction of sp³-hybridized carbons (Fsp3) is 0.100. The zero-order valence-corrected chi connectivity index (χ0v) is 7.42. The zero-order valence-electron chi connectivity index (χ0n) is 7.42. The summed E-state index contributed by atoms with van der Waals surface area (Å²) in [6.07, 6.45) is 1.48. The van der Waals surface area contributed by atoms with Crippen LogP contribution in [0.1, 0.15) is 0 Å². The van der Waals surface area contributed by atoms with E-state index in [1.54, 1.807) is 0 Å². The Morgan fingerprint density at radius 3 is 2.71 bits per heavy atom. The van der Waals surface area contributed by atoms with Crippen LogP contribution in [0.2, 0.25) is 0 Å². The molecule has 0 spiro atoms. The van der Waals surface area contributed by atoms with E-state index in [-0.39, 0.29) is 11.1 Å². The van der Waals surface area contributed by atoms with Crippen molar-refractivity contribution in [2.24, 2.45) is 0 Å². The SMILES string of the molecule is COc1ccnc2ccc(F)c(F)c12. The quantitative estimate of drug-likeness (QED) is 0.697. The molecule has 0 N–H and O–H groups in total. The normalized spacial score (nSPS) is 10.5. The highest BCUT2D eigenvalue weighted by molar-refractivity contribution is 5.85. The molecule has 0 unspecified atom stereocenters. The predicted octanol–water partition coefficient (Wildman–Crippen LogP) is 2.52. The van der Waals surface area contributed by atoms with Gasteiger partial charge in [0.25, 0.3) is 0 Å². The van der Waals surface area contributed by atoms with Crippen LogP contribution in [0.15, 0.2) is 24.4 Å². The molecule has 1 heterocycles. The second-order valence-electron chi connectivity index (χ2n) is 2.77. The fourth-order valence-corrected chi connectivity index (χ4v) is 1.32. The summed E-state index contributed by atoms with van der Waals surface area (Å²) < 4.78 is 31.2. The van der Waals surface area contributed by atoms with Gasteiger partial charge >= 0.3 is 0 Å². The number of aromatic nitrogens is 1. The highest BCUT2D eigenvalue weighted by Gasteiger charge is 2.11. The summed E-state index contributed by atoms with van der Waals surface area (Å²) >= 11 is 0. The van der Waals surface area contributed by atoms with Crippen molar-refractivity contribution >= 4 is 10.9 Å². The highest BCUT2D eigenvalue weighted by Crippen LogP contribution is 2.27. The summed E-state index contributed by atoms with van der Waals surface area (Å²) in [5.41, 5.74) is 0.378. The molecule has 2 aromatic rings. The standard InChI is InChI=1S/C10H7F2NO/c1-14-8-4-5-13-7-3-2-6(11)10(12)9(7)8/h2-5H,1H3. The molecule has 2 rings (SSSR count). The third kappa shape index (κ3) is 1.19. The second kappa shape index (κ2) is 3.21. The number of benzene rings is 1. The summed E-state index contributed by atoms with van der Waals surface area (Å²) in [6.45, 7) is 0. The summed E-state index contributed by atoms with van der Waals surface area (Å²) in [5.74, 6) is -1.54. The van der Waals surface area contributed by atoms with Crippen LogP contribution < -0.4 is 4.74 Å². The number of rotatable bonds is 1. The van der Waals surface area contributed by atoms with E-state index < -0.39 is 11.6 Å². The second-order valence-corrected chi connectivity index (χ2v) is 2.77. The third-order valence-electron chi connectivity index (χ3n) is 1.98. The van der Waals surface area contributed by atoms with Gasteiger partial charge in [-0.2, -0.15) is 0 Å². The molecule has 1 aromatic carbocycles. The van der Waals surface area contributed by atoms with Crippen LogP contribution in [-0.4, -0.2) is 12.1 Å². The minimum atomic E-state index is -0.924. The molecule has 0 fully saturated rings. The Kier molecular flexibility index (Phi) is 2.04. The minimum absolute atomic E-state index is 0.0787. The summed E-state index contributed by atoms with van der Waals surface area (Å²) in [6, 6.07) is 3.95. The van der Waals surface area contributed by atoms with Crippen molar-refractivity contribution in [3.63, 3.8) is 0 Å². The molecule has 0 atom stereocenters. The molecule has 72 valence electrons. The Balaban J connectivity index is 2.89. The maximum Gasteiger partial charge on any atom is 0.171 e. The van der Waals surface area contributed by atoms with E-state index >= 15 is 0 Å². The van der Waals surface area contributed by atoms with Gasteiger partial charge in [0.15, 0.2) is 11.6 Å². The van der Waals surface area contributed by atoms with Gasteiger partial charge in [-0.25, -0.2) is 8.78 Å². The van der Waals surface area contributed by atoms with E-state index in [1.165, 1.54) is 25.4 Å². The molecule has 14 heavy (non-hydrogen) atoms. The number of pyridine rings is 1. The number of fused-ring (bicyclic) bond motifs is 1. The van der Waals surface area contributed by atoms with Crippen molar-refractivity contribution in [2.75, 3.05) is 7.11 Å². The van der Waals surface area contributed by atoms with Gasteiger partial charge in [0.1, 0.15) is 5.75 Å². The molecule has 0 aliphatic carbocycles. The number of ether oxygens (including phenoxy) is 1. The molecule has 0 saturated heterocycles. The minimum Gasteiger partial charge on any atom is -0.496 e. The molecule has 1 aromatic heterocycles. The van der Waals surface area contributed by atoms with Crippen LogP contribution in [0, 0.1) is 11.6 Å². The number of halogens is 2. The molecular formula is C10H7F2NO. The average molecular weight is 195 g/mol. The van der Waals surface area contributed by atoms with Crippen molar-refractivity contribution in [3.8, 4) is 5.75 Å². The van der Waals surface area contributed by atoms with Crippen molar-refractivity contribution in [1.82, 2.24) is 4.98 Å². The average Bonchev–Trinajstić information content (AvgIpc) is 2.23. The van der Waals surface area contributed by atoms with Crippen molar-refractivity contribution in [2.45, 2.75) is 0 Å². The smallest absolute Gasteiger partial charge is 0.171 e. The van der Waals surface area contributed by atoms with Crippen LogP contribution >= 0.6 is 0 Å².